The van der Waals surface area contributed by atoms with Crippen LogP contribution in [0.2, 0.25) is 0 Å². The highest BCUT2D eigenvalue weighted by Crippen LogP contribution is 2.19. The maximum Gasteiger partial charge on any atom is 0.306 e. The Morgan fingerprint density at radius 1 is 0.692 bits per heavy atom. The first kappa shape index (κ1) is 24.9. The van der Waals surface area contributed by atoms with E-state index in [1.165, 1.54) is 57.8 Å². The summed E-state index contributed by atoms with van der Waals surface area (Å²) in [6.07, 6.45) is 20.0. The summed E-state index contributed by atoms with van der Waals surface area (Å²) in [7, 11) is 0. The van der Waals surface area contributed by atoms with Crippen LogP contribution in [0, 0.1) is 5.92 Å². The molecule has 0 aliphatic heterocycles. The normalized spacial score (nSPS) is 12.2. The van der Waals surface area contributed by atoms with E-state index in [2.05, 4.69) is 6.92 Å². The molecule has 4 nitrogen and oxygen atoms in total. The number of nitrogens with two attached hydrogens (primary N) is 1. The van der Waals surface area contributed by atoms with Crippen molar-refractivity contribution in [2.75, 3.05) is 0 Å². The zero-order valence-corrected chi connectivity index (χ0v) is 17.1. The minimum Gasteiger partial charge on any atom is -0.481 e. The SMILES string of the molecule is CCCCCCCCCCCCCC(CCCCCCC(N)=O)C(=O)O. The molecule has 1 unspecified atom stereocenters. The highest BCUT2D eigenvalue weighted by atomic mass is 16.4. The predicted molar refractivity (Wildman–Crippen MR) is 109 cm³/mol. The number of aliphatic carboxylic acids is 1. The molecule has 0 heterocycles. The minimum atomic E-state index is -0.644. The first-order valence-electron chi connectivity index (χ1n) is 11.1. The van der Waals surface area contributed by atoms with Crippen molar-refractivity contribution >= 4 is 11.9 Å². The Labute approximate surface area is 161 Å². The molecule has 1 amide bonds. The summed E-state index contributed by atoms with van der Waals surface area (Å²) in [6.45, 7) is 2.25. The molecule has 0 aromatic rings. The molecule has 0 spiro atoms. The molecule has 0 aliphatic carbocycles. The van der Waals surface area contributed by atoms with Crippen LogP contribution >= 0.6 is 0 Å². The van der Waals surface area contributed by atoms with E-state index in [0.717, 1.165) is 51.4 Å². The minimum absolute atomic E-state index is 0.190. The van der Waals surface area contributed by atoms with Crippen molar-refractivity contribution in [1.82, 2.24) is 0 Å². The van der Waals surface area contributed by atoms with Gasteiger partial charge in [-0.3, -0.25) is 9.59 Å². The quantitative estimate of drug-likeness (QED) is 0.250. The third kappa shape index (κ3) is 17.8. The number of carbonyl (C=O) groups is 2. The second-order valence-corrected chi connectivity index (χ2v) is 7.78. The zero-order valence-electron chi connectivity index (χ0n) is 17.1. The monoisotopic (exact) mass is 369 g/mol. The number of carboxylic acid groups (broad SMARTS) is 1. The molecular weight excluding hydrogens is 326 g/mol. The van der Waals surface area contributed by atoms with Crippen LogP contribution in [0.5, 0.6) is 0 Å². The van der Waals surface area contributed by atoms with E-state index in [9.17, 15) is 14.7 Å². The van der Waals surface area contributed by atoms with E-state index < -0.39 is 5.97 Å². The van der Waals surface area contributed by atoms with Crippen LogP contribution in [0.15, 0.2) is 0 Å². The van der Waals surface area contributed by atoms with E-state index in [1.54, 1.807) is 0 Å². The molecule has 0 aromatic heterocycles. The molecule has 154 valence electrons. The van der Waals surface area contributed by atoms with Crippen molar-refractivity contribution in [3.05, 3.63) is 0 Å². The number of carbonyl (C=O) groups excluding carboxylic acids is 1. The lowest BCUT2D eigenvalue weighted by Crippen LogP contribution is -2.13. The van der Waals surface area contributed by atoms with Crippen molar-refractivity contribution in [3.63, 3.8) is 0 Å². The Morgan fingerprint density at radius 2 is 1.08 bits per heavy atom. The predicted octanol–water partition coefficient (Wildman–Crippen LogP) is 6.21. The van der Waals surface area contributed by atoms with Gasteiger partial charge in [0.2, 0.25) is 5.91 Å². The highest BCUT2D eigenvalue weighted by molar-refractivity contribution is 5.73. The van der Waals surface area contributed by atoms with Gasteiger partial charge < -0.3 is 10.8 Å². The van der Waals surface area contributed by atoms with Crippen molar-refractivity contribution in [1.29, 1.82) is 0 Å². The second kappa shape index (κ2) is 18.7. The van der Waals surface area contributed by atoms with Gasteiger partial charge in [-0.15, -0.1) is 0 Å². The average molecular weight is 370 g/mol. The fourth-order valence-electron chi connectivity index (χ4n) is 3.49. The summed E-state index contributed by atoms with van der Waals surface area (Å²) in [5.74, 6) is -1.08. The standard InChI is InChI=1S/C22H43NO3/c1-2-3-4-5-6-7-8-9-10-11-14-17-20(22(25)26)18-15-12-13-16-19-21(23)24/h20H,2-19H2,1H3,(H2,23,24)(H,25,26). The average Bonchev–Trinajstić information content (AvgIpc) is 2.60. The molecule has 0 radical (unpaired) electrons. The molecule has 0 saturated heterocycles. The molecule has 0 saturated carbocycles. The van der Waals surface area contributed by atoms with Crippen molar-refractivity contribution in [3.8, 4) is 0 Å². The van der Waals surface area contributed by atoms with Crippen LogP contribution in [-0.2, 0) is 9.59 Å². The lowest BCUT2D eigenvalue weighted by Gasteiger charge is -2.12. The highest BCUT2D eigenvalue weighted by Gasteiger charge is 2.16. The Bertz CT molecular complexity index is 344. The molecule has 0 bridgehead atoms. The molecule has 0 fully saturated rings. The van der Waals surface area contributed by atoms with Crippen molar-refractivity contribution < 1.29 is 14.7 Å². The van der Waals surface area contributed by atoms with Crippen LogP contribution in [0.25, 0.3) is 0 Å². The molecule has 26 heavy (non-hydrogen) atoms. The smallest absolute Gasteiger partial charge is 0.306 e. The number of carboxylic acids is 1. The molecular formula is C22H43NO3. The van der Waals surface area contributed by atoms with Crippen LogP contribution in [-0.4, -0.2) is 17.0 Å². The number of rotatable bonds is 20. The van der Waals surface area contributed by atoms with Crippen LogP contribution in [0.4, 0.5) is 0 Å². The summed E-state index contributed by atoms with van der Waals surface area (Å²) in [6, 6.07) is 0. The van der Waals surface area contributed by atoms with Gasteiger partial charge in [-0.25, -0.2) is 0 Å². The molecule has 3 N–H and O–H groups in total. The van der Waals surface area contributed by atoms with Crippen molar-refractivity contribution in [2.45, 2.75) is 122 Å². The topological polar surface area (TPSA) is 80.4 Å². The van der Waals surface area contributed by atoms with E-state index in [-0.39, 0.29) is 11.8 Å². The maximum absolute atomic E-state index is 11.4. The third-order valence-corrected chi connectivity index (χ3v) is 5.23. The Hall–Kier alpha value is -1.06. The largest absolute Gasteiger partial charge is 0.481 e. The van der Waals surface area contributed by atoms with Gasteiger partial charge in [-0.1, -0.05) is 96.8 Å². The molecule has 1 atom stereocenters. The summed E-state index contributed by atoms with van der Waals surface area (Å²) in [5, 5.41) is 9.35. The van der Waals surface area contributed by atoms with E-state index >= 15 is 0 Å². The Kier molecular flexibility index (Phi) is 18.0. The van der Waals surface area contributed by atoms with Crippen LogP contribution in [0.1, 0.15) is 122 Å². The number of primary amides is 1. The fraction of sp³-hybridized carbons (Fsp3) is 0.909. The second-order valence-electron chi connectivity index (χ2n) is 7.78. The molecule has 0 aromatic carbocycles. The van der Waals surface area contributed by atoms with Crippen molar-refractivity contribution in [2.24, 2.45) is 11.7 Å². The molecule has 0 rings (SSSR count). The lowest BCUT2D eigenvalue weighted by atomic mass is 9.94. The van der Waals surface area contributed by atoms with Gasteiger partial charge in [0.05, 0.1) is 5.92 Å². The zero-order chi connectivity index (χ0) is 19.5. The maximum atomic E-state index is 11.4. The van der Waals surface area contributed by atoms with Gasteiger partial charge in [0.25, 0.3) is 0 Å². The van der Waals surface area contributed by atoms with Gasteiger partial charge in [0, 0.05) is 6.42 Å². The van der Waals surface area contributed by atoms with Gasteiger partial charge in [-0.2, -0.15) is 0 Å². The van der Waals surface area contributed by atoms with Crippen LogP contribution in [0.3, 0.4) is 0 Å². The Balaban J connectivity index is 3.48. The molecule has 0 aliphatic rings. The summed E-state index contributed by atoms with van der Waals surface area (Å²) >= 11 is 0. The summed E-state index contributed by atoms with van der Waals surface area (Å²) in [4.78, 5) is 22.0. The van der Waals surface area contributed by atoms with Crippen LogP contribution < -0.4 is 5.73 Å². The lowest BCUT2D eigenvalue weighted by molar-refractivity contribution is -0.142. The number of unbranched alkanes of at least 4 members (excludes halogenated alkanes) is 13. The number of hydrogen-bond donors (Lipinski definition) is 2. The number of hydrogen-bond acceptors (Lipinski definition) is 2. The number of amides is 1. The Morgan fingerprint density at radius 3 is 1.46 bits per heavy atom. The van der Waals surface area contributed by atoms with E-state index in [0.29, 0.717) is 6.42 Å². The van der Waals surface area contributed by atoms with Gasteiger partial charge in [0.1, 0.15) is 0 Å². The van der Waals surface area contributed by atoms with Gasteiger partial charge >= 0.3 is 5.97 Å². The summed E-state index contributed by atoms with van der Waals surface area (Å²) < 4.78 is 0. The molecule has 4 heteroatoms. The first-order valence-corrected chi connectivity index (χ1v) is 11.1. The van der Waals surface area contributed by atoms with Gasteiger partial charge in [0.15, 0.2) is 0 Å². The van der Waals surface area contributed by atoms with Gasteiger partial charge in [-0.05, 0) is 19.3 Å². The first-order chi connectivity index (χ1) is 12.6. The third-order valence-electron chi connectivity index (χ3n) is 5.23. The summed E-state index contributed by atoms with van der Waals surface area (Å²) in [5.41, 5.74) is 5.11. The van der Waals surface area contributed by atoms with E-state index in [4.69, 9.17) is 5.73 Å². The fourth-order valence-corrected chi connectivity index (χ4v) is 3.49. The van der Waals surface area contributed by atoms with E-state index in [1.807, 2.05) is 0 Å².